The van der Waals surface area contributed by atoms with Gasteiger partial charge in [-0.1, -0.05) is 30.3 Å². The zero-order valence-corrected chi connectivity index (χ0v) is 10.8. The van der Waals surface area contributed by atoms with Crippen molar-refractivity contribution in [3.63, 3.8) is 0 Å². The third-order valence-corrected chi connectivity index (χ3v) is 3.14. The summed E-state index contributed by atoms with van der Waals surface area (Å²) in [6.07, 6.45) is -4.30. The van der Waals surface area contributed by atoms with Crippen molar-refractivity contribution < 1.29 is 13.2 Å². The Hall–Kier alpha value is -2.28. The number of aryl methyl sites for hydroxylation is 1. The van der Waals surface area contributed by atoms with Gasteiger partial charge in [0, 0.05) is 0 Å². The number of nitriles is 1. The van der Waals surface area contributed by atoms with Crippen molar-refractivity contribution >= 4 is 0 Å². The molecule has 0 aliphatic carbocycles. The average molecular weight is 275 g/mol. The molecule has 0 fully saturated rings. The zero-order valence-electron chi connectivity index (χ0n) is 10.8. The Labute approximate surface area is 115 Å². The second kappa shape index (κ2) is 5.38. The molecule has 0 saturated carbocycles. The molecule has 0 amide bonds. The van der Waals surface area contributed by atoms with Crippen LogP contribution < -0.4 is 0 Å². The highest BCUT2D eigenvalue weighted by Crippen LogP contribution is 2.35. The first-order chi connectivity index (χ1) is 9.43. The summed E-state index contributed by atoms with van der Waals surface area (Å²) in [5, 5.41) is 8.82. The first kappa shape index (κ1) is 14.1. The van der Waals surface area contributed by atoms with E-state index in [4.69, 9.17) is 5.26 Å². The van der Waals surface area contributed by atoms with E-state index in [0.717, 1.165) is 23.3 Å². The van der Waals surface area contributed by atoms with Crippen molar-refractivity contribution in [3.05, 3.63) is 59.2 Å². The van der Waals surface area contributed by atoms with E-state index in [0.29, 0.717) is 11.1 Å². The van der Waals surface area contributed by atoms with Gasteiger partial charge in [0.05, 0.1) is 18.1 Å². The van der Waals surface area contributed by atoms with E-state index in [1.165, 1.54) is 6.07 Å². The third kappa shape index (κ3) is 2.83. The summed E-state index contributed by atoms with van der Waals surface area (Å²) in [7, 11) is 0. The molecule has 0 heterocycles. The van der Waals surface area contributed by atoms with Crippen molar-refractivity contribution in [3.8, 4) is 17.2 Å². The molecule has 102 valence electrons. The van der Waals surface area contributed by atoms with E-state index in [1.54, 1.807) is 12.1 Å². The van der Waals surface area contributed by atoms with Crippen LogP contribution in [0.15, 0.2) is 42.5 Å². The second-order valence-corrected chi connectivity index (χ2v) is 4.52. The van der Waals surface area contributed by atoms with Crippen molar-refractivity contribution in [2.75, 3.05) is 0 Å². The molecule has 0 atom stereocenters. The minimum Gasteiger partial charge on any atom is -0.198 e. The van der Waals surface area contributed by atoms with Crippen LogP contribution in [-0.4, -0.2) is 0 Å². The van der Waals surface area contributed by atoms with Crippen LogP contribution in [0.3, 0.4) is 0 Å². The molecular weight excluding hydrogens is 263 g/mol. The summed E-state index contributed by atoms with van der Waals surface area (Å²) < 4.78 is 38.5. The summed E-state index contributed by atoms with van der Waals surface area (Å²) in [6, 6.07) is 12.7. The number of benzene rings is 2. The molecule has 0 aliphatic rings. The monoisotopic (exact) mass is 275 g/mol. The molecule has 4 heteroatoms. The Kier molecular flexibility index (Phi) is 3.80. The molecule has 0 saturated heterocycles. The average Bonchev–Trinajstić information content (AvgIpc) is 2.39. The molecule has 0 bridgehead atoms. The molecule has 0 N–H and O–H groups in total. The van der Waals surface area contributed by atoms with Crippen LogP contribution in [0.1, 0.15) is 16.7 Å². The molecule has 0 radical (unpaired) electrons. The maximum Gasteiger partial charge on any atom is 0.416 e. The molecule has 0 aliphatic heterocycles. The van der Waals surface area contributed by atoms with Gasteiger partial charge in [0.1, 0.15) is 0 Å². The molecule has 0 spiro atoms. The van der Waals surface area contributed by atoms with E-state index in [2.05, 4.69) is 0 Å². The van der Waals surface area contributed by atoms with Gasteiger partial charge >= 0.3 is 6.18 Å². The Morgan fingerprint density at radius 1 is 1.05 bits per heavy atom. The molecular formula is C16H12F3N. The smallest absolute Gasteiger partial charge is 0.198 e. The molecule has 0 aromatic heterocycles. The quantitative estimate of drug-likeness (QED) is 0.776. The highest BCUT2D eigenvalue weighted by molar-refractivity contribution is 5.71. The number of rotatable bonds is 2. The van der Waals surface area contributed by atoms with Crippen LogP contribution in [0, 0.1) is 18.3 Å². The van der Waals surface area contributed by atoms with Gasteiger partial charge < -0.3 is 0 Å². The third-order valence-electron chi connectivity index (χ3n) is 3.14. The molecule has 0 unspecified atom stereocenters. The van der Waals surface area contributed by atoms with E-state index in [1.807, 2.05) is 25.1 Å². The summed E-state index contributed by atoms with van der Waals surface area (Å²) in [6.45, 7) is 1.84. The largest absolute Gasteiger partial charge is 0.416 e. The standard InChI is InChI=1S/C16H12F3N/c1-11-4-2-3-5-14(11)15-10-13(16(17,18)19)7-6-12(15)8-9-20/h2-7,10H,8H2,1H3. The van der Waals surface area contributed by atoms with Gasteiger partial charge in [-0.25, -0.2) is 0 Å². The molecule has 2 rings (SSSR count). The van der Waals surface area contributed by atoms with Gasteiger partial charge in [0.25, 0.3) is 0 Å². The SMILES string of the molecule is Cc1ccccc1-c1cc(C(F)(F)F)ccc1CC#N. The fraction of sp³-hybridized carbons (Fsp3) is 0.188. The van der Waals surface area contributed by atoms with E-state index in [-0.39, 0.29) is 6.42 Å². The van der Waals surface area contributed by atoms with Crippen LogP contribution in [-0.2, 0) is 12.6 Å². The number of hydrogen-bond acceptors (Lipinski definition) is 1. The number of nitrogens with zero attached hydrogens (tertiary/aromatic N) is 1. The first-order valence-electron chi connectivity index (χ1n) is 6.06. The predicted octanol–water partition coefficient (Wildman–Crippen LogP) is 4.75. The maximum atomic E-state index is 12.8. The van der Waals surface area contributed by atoms with Crippen molar-refractivity contribution in [2.45, 2.75) is 19.5 Å². The lowest BCUT2D eigenvalue weighted by Gasteiger charge is -2.14. The lowest BCUT2D eigenvalue weighted by atomic mass is 9.93. The van der Waals surface area contributed by atoms with Gasteiger partial charge in [0.15, 0.2) is 0 Å². The van der Waals surface area contributed by atoms with E-state index < -0.39 is 11.7 Å². The van der Waals surface area contributed by atoms with Crippen LogP contribution in [0.5, 0.6) is 0 Å². The highest BCUT2D eigenvalue weighted by Gasteiger charge is 2.31. The summed E-state index contributed by atoms with van der Waals surface area (Å²) >= 11 is 0. The first-order valence-corrected chi connectivity index (χ1v) is 6.06. The van der Waals surface area contributed by atoms with Gasteiger partial charge in [-0.3, -0.25) is 0 Å². The van der Waals surface area contributed by atoms with Gasteiger partial charge in [-0.05, 0) is 41.3 Å². The van der Waals surface area contributed by atoms with Crippen molar-refractivity contribution in [2.24, 2.45) is 0 Å². The molecule has 20 heavy (non-hydrogen) atoms. The minimum atomic E-state index is -4.39. The summed E-state index contributed by atoms with van der Waals surface area (Å²) in [5.41, 5.74) is 1.99. The van der Waals surface area contributed by atoms with Crippen LogP contribution in [0.25, 0.3) is 11.1 Å². The van der Waals surface area contributed by atoms with Gasteiger partial charge in [-0.2, -0.15) is 18.4 Å². The lowest BCUT2D eigenvalue weighted by Crippen LogP contribution is -2.06. The highest BCUT2D eigenvalue weighted by atomic mass is 19.4. The van der Waals surface area contributed by atoms with Crippen molar-refractivity contribution in [1.82, 2.24) is 0 Å². The molecule has 1 nitrogen and oxygen atoms in total. The Morgan fingerprint density at radius 2 is 1.75 bits per heavy atom. The fourth-order valence-corrected chi connectivity index (χ4v) is 2.12. The lowest BCUT2D eigenvalue weighted by molar-refractivity contribution is -0.137. The predicted molar refractivity (Wildman–Crippen MR) is 70.9 cm³/mol. The Morgan fingerprint density at radius 3 is 2.35 bits per heavy atom. The summed E-state index contributed by atoms with van der Waals surface area (Å²) in [5.74, 6) is 0. The fourth-order valence-electron chi connectivity index (χ4n) is 2.12. The Bertz CT molecular complexity index is 666. The summed E-state index contributed by atoms with van der Waals surface area (Å²) in [4.78, 5) is 0. The van der Waals surface area contributed by atoms with E-state index in [9.17, 15) is 13.2 Å². The van der Waals surface area contributed by atoms with Gasteiger partial charge in [0.2, 0.25) is 0 Å². The van der Waals surface area contributed by atoms with Crippen molar-refractivity contribution in [1.29, 1.82) is 5.26 Å². The molecule has 2 aromatic rings. The van der Waals surface area contributed by atoms with Crippen LogP contribution in [0.4, 0.5) is 13.2 Å². The van der Waals surface area contributed by atoms with Crippen LogP contribution >= 0.6 is 0 Å². The molecule has 2 aromatic carbocycles. The topological polar surface area (TPSA) is 23.8 Å². The van der Waals surface area contributed by atoms with Crippen LogP contribution in [0.2, 0.25) is 0 Å². The number of alkyl halides is 3. The zero-order chi connectivity index (χ0) is 14.8. The minimum absolute atomic E-state index is 0.0851. The van der Waals surface area contributed by atoms with E-state index >= 15 is 0 Å². The number of halogens is 3. The normalized spacial score (nSPS) is 11.2. The Balaban J connectivity index is 2.65. The van der Waals surface area contributed by atoms with Gasteiger partial charge in [-0.15, -0.1) is 0 Å². The second-order valence-electron chi connectivity index (χ2n) is 4.52. The number of hydrogen-bond donors (Lipinski definition) is 0. The maximum absolute atomic E-state index is 12.8.